The molecule has 1 rings (SSSR count). The maximum atomic E-state index is 5.25. The van der Waals surface area contributed by atoms with Gasteiger partial charge in [0, 0.05) is 19.3 Å². The molecule has 0 radical (unpaired) electrons. The topological polar surface area (TPSA) is 77.0 Å². The van der Waals surface area contributed by atoms with Crippen LogP contribution in [0, 0.1) is 0 Å². The van der Waals surface area contributed by atoms with Crippen LogP contribution in [0.4, 0.5) is 5.82 Å². The molecule has 68 valence electrons. The van der Waals surface area contributed by atoms with Crippen molar-refractivity contribution in [1.82, 2.24) is 10.3 Å². The SMILES string of the molecule is CNCCN.Nc1ccccn1. The molecule has 0 saturated carbocycles. The van der Waals surface area contributed by atoms with E-state index in [1.807, 2.05) is 19.2 Å². The molecule has 0 saturated heterocycles. The van der Waals surface area contributed by atoms with Gasteiger partial charge >= 0.3 is 0 Å². The number of hydrogen-bond donors (Lipinski definition) is 3. The van der Waals surface area contributed by atoms with Crippen LogP contribution >= 0.6 is 0 Å². The molecule has 0 unspecified atom stereocenters. The van der Waals surface area contributed by atoms with Gasteiger partial charge in [-0.25, -0.2) is 4.98 Å². The molecular weight excluding hydrogens is 152 g/mol. The minimum Gasteiger partial charge on any atom is -0.384 e. The summed E-state index contributed by atoms with van der Waals surface area (Å²) in [4.78, 5) is 3.76. The molecule has 1 heterocycles. The quantitative estimate of drug-likeness (QED) is 0.573. The molecular formula is C8H16N4. The molecule has 0 aromatic carbocycles. The smallest absolute Gasteiger partial charge is 0.123 e. The maximum Gasteiger partial charge on any atom is 0.123 e. The lowest BCUT2D eigenvalue weighted by Gasteiger charge is -1.85. The highest BCUT2D eigenvalue weighted by atomic mass is 14.8. The summed E-state index contributed by atoms with van der Waals surface area (Å²) in [6.07, 6.45) is 1.66. The molecule has 0 bridgehead atoms. The van der Waals surface area contributed by atoms with E-state index in [0.717, 1.165) is 13.1 Å². The van der Waals surface area contributed by atoms with Gasteiger partial charge < -0.3 is 16.8 Å². The Hall–Kier alpha value is -1.13. The summed E-state index contributed by atoms with van der Waals surface area (Å²) in [5, 5.41) is 2.89. The average molecular weight is 168 g/mol. The van der Waals surface area contributed by atoms with Crippen molar-refractivity contribution in [2.75, 3.05) is 25.9 Å². The molecule has 5 N–H and O–H groups in total. The molecule has 0 atom stereocenters. The number of likely N-dealkylation sites (N-methyl/N-ethyl adjacent to an activating group) is 1. The van der Waals surface area contributed by atoms with Gasteiger partial charge in [0.2, 0.25) is 0 Å². The third-order valence-corrected chi connectivity index (χ3v) is 1.08. The fraction of sp³-hybridized carbons (Fsp3) is 0.375. The molecule has 0 fully saturated rings. The lowest BCUT2D eigenvalue weighted by molar-refractivity contribution is 0.802. The number of rotatable bonds is 2. The van der Waals surface area contributed by atoms with E-state index >= 15 is 0 Å². The van der Waals surface area contributed by atoms with Crippen molar-refractivity contribution < 1.29 is 0 Å². The van der Waals surface area contributed by atoms with E-state index in [1.54, 1.807) is 12.3 Å². The van der Waals surface area contributed by atoms with E-state index in [2.05, 4.69) is 10.3 Å². The van der Waals surface area contributed by atoms with Gasteiger partial charge in [0.25, 0.3) is 0 Å². The van der Waals surface area contributed by atoms with Crippen LogP contribution in [0.1, 0.15) is 0 Å². The Balaban J connectivity index is 0.000000217. The second-order valence-electron chi connectivity index (χ2n) is 2.15. The van der Waals surface area contributed by atoms with E-state index in [4.69, 9.17) is 11.5 Å². The van der Waals surface area contributed by atoms with Crippen molar-refractivity contribution in [3.63, 3.8) is 0 Å². The Morgan fingerprint density at radius 1 is 1.50 bits per heavy atom. The van der Waals surface area contributed by atoms with Crippen LogP contribution in [0.25, 0.3) is 0 Å². The number of pyridine rings is 1. The normalized spacial score (nSPS) is 8.50. The van der Waals surface area contributed by atoms with Crippen molar-refractivity contribution in [3.8, 4) is 0 Å². The number of anilines is 1. The first kappa shape index (κ1) is 10.9. The third kappa shape index (κ3) is 6.98. The Labute approximate surface area is 73.0 Å². The molecule has 0 spiro atoms. The molecule has 1 aromatic heterocycles. The monoisotopic (exact) mass is 168 g/mol. The standard InChI is InChI=1S/C5H6N2.C3H10N2/c6-5-3-1-2-4-7-5;1-5-3-2-4/h1-4H,(H2,6,7);5H,2-4H2,1H3. The molecule has 0 aliphatic heterocycles. The Morgan fingerprint density at radius 2 is 2.25 bits per heavy atom. The Morgan fingerprint density at radius 3 is 2.42 bits per heavy atom. The molecule has 0 aliphatic carbocycles. The summed E-state index contributed by atoms with van der Waals surface area (Å²) < 4.78 is 0. The average Bonchev–Trinajstić information content (AvgIpc) is 2.08. The number of aromatic nitrogens is 1. The summed E-state index contributed by atoms with van der Waals surface area (Å²) in [6.45, 7) is 1.65. The maximum absolute atomic E-state index is 5.25. The predicted molar refractivity (Wildman–Crippen MR) is 51.6 cm³/mol. The molecule has 0 amide bonds. The lowest BCUT2D eigenvalue weighted by Crippen LogP contribution is -2.17. The zero-order chi connectivity index (χ0) is 9.23. The van der Waals surface area contributed by atoms with Gasteiger partial charge in [-0.05, 0) is 19.2 Å². The van der Waals surface area contributed by atoms with Gasteiger partial charge in [-0.2, -0.15) is 0 Å². The number of hydrogen-bond acceptors (Lipinski definition) is 4. The van der Waals surface area contributed by atoms with Gasteiger partial charge in [-0.1, -0.05) is 6.07 Å². The van der Waals surface area contributed by atoms with Crippen molar-refractivity contribution in [3.05, 3.63) is 24.4 Å². The van der Waals surface area contributed by atoms with E-state index in [-0.39, 0.29) is 0 Å². The second kappa shape index (κ2) is 7.97. The van der Waals surface area contributed by atoms with Crippen LogP contribution in [0.15, 0.2) is 24.4 Å². The van der Waals surface area contributed by atoms with Crippen LogP contribution in [0.3, 0.4) is 0 Å². The van der Waals surface area contributed by atoms with Crippen LogP contribution < -0.4 is 16.8 Å². The van der Waals surface area contributed by atoms with E-state index < -0.39 is 0 Å². The first-order valence-electron chi connectivity index (χ1n) is 3.82. The number of nitrogen functional groups attached to an aromatic ring is 1. The molecule has 12 heavy (non-hydrogen) atoms. The zero-order valence-corrected chi connectivity index (χ0v) is 7.33. The molecule has 4 heteroatoms. The highest BCUT2D eigenvalue weighted by Crippen LogP contribution is 1.89. The van der Waals surface area contributed by atoms with E-state index in [0.29, 0.717) is 5.82 Å². The van der Waals surface area contributed by atoms with Gasteiger partial charge in [0.15, 0.2) is 0 Å². The first-order chi connectivity index (χ1) is 5.81. The van der Waals surface area contributed by atoms with E-state index in [1.165, 1.54) is 0 Å². The van der Waals surface area contributed by atoms with Crippen LogP contribution in [0.2, 0.25) is 0 Å². The zero-order valence-electron chi connectivity index (χ0n) is 7.33. The lowest BCUT2D eigenvalue weighted by atomic mass is 10.5. The summed E-state index contributed by atoms with van der Waals surface area (Å²) in [5.41, 5.74) is 10.3. The summed E-state index contributed by atoms with van der Waals surface area (Å²) >= 11 is 0. The minimum absolute atomic E-state index is 0.572. The van der Waals surface area contributed by atoms with Crippen LogP contribution in [-0.4, -0.2) is 25.1 Å². The largest absolute Gasteiger partial charge is 0.384 e. The van der Waals surface area contributed by atoms with Gasteiger partial charge in [0.05, 0.1) is 0 Å². The highest BCUT2D eigenvalue weighted by molar-refractivity contribution is 5.25. The number of nitrogens with one attached hydrogen (secondary N) is 1. The Kier molecular flexibility index (Phi) is 7.22. The molecule has 0 aliphatic rings. The predicted octanol–water partition coefficient (Wildman–Crippen LogP) is -0.172. The number of nitrogens with zero attached hydrogens (tertiary/aromatic N) is 1. The summed E-state index contributed by atoms with van der Waals surface area (Å²) in [5.74, 6) is 0.572. The Bertz CT molecular complexity index is 174. The third-order valence-electron chi connectivity index (χ3n) is 1.08. The second-order valence-corrected chi connectivity index (χ2v) is 2.15. The molecule has 4 nitrogen and oxygen atoms in total. The van der Waals surface area contributed by atoms with Gasteiger partial charge in [-0.3, -0.25) is 0 Å². The minimum atomic E-state index is 0.572. The van der Waals surface area contributed by atoms with Crippen molar-refractivity contribution in [2.45, 2.75) is 0 Å². The van der Waals surface area contributed by atoms with Gasteiger partial charge in [-0.15, -0.1) is 0 Å². The van der Waals surface area contributed by atoms with Crippen molar-refractivity contribution in [2.24, 2.45) is 5.73 Å². The highest BCUT2D eigenvalue weighted by Gasteiger charge is 1.73. The number of nitrogens with two attached hydrogens (primary N) is 2. The van der Waals surface area contributed by atoms with Gasteiger partial charge in [0.1, 0.15) is 5.82 Å². The van der Waals surface area contributed by atoms with Crippen molar-refractivity contribution >= 4 is 5.82 Å². The van der Waals surface area contributed by atoms with Crippen LogP contribution in [-0.2, 0) is 0 Å². The fourth-order valence-electron chi connectivity index (χ4n) is 0.520. The summed E-state index contributed by atoms with van der Waals surface area (Å²) in [6, 6.07) is 5.43. The van der Waals surface area contributed by atoms with E-state index in [9.17, 15) is 0 Å². The first-order valence-corrected chi connectivity index (χ1v) is 3.82. The fourth-order valence-corrected chi connectivity index (χ4v) is 0.520. The van der Waals surface area contributed by atoms with Crippen LogP contribution in [0.5, 0.6) is 0 Å². The summed E-state index contributed by atoms with van der Waals surface area (Å²) in [7, 11) is 1.88. The van der Waals surface area contributed by atoms with Crippen molar-refractivity contribution in [1.29, 1.82) is 0 Å². The molecule has 1 aromatic rings.